The number of amides is 1. The molecule has 0 unspecified atom stereocenters. The van der Waals surface area contributed by atoms with E-state index in [1.807, 2.05) is 6.07 Å². The number of hydrogen-bond donors (Lipinski definition) is 1. The van der Waals surface area contributed by atoms with Crippen molar-refractivity contribution < 1.29 is 22.7 Å². The van der Waals surface area contributed by atoms with Crippen LogP contribution in [0, 0.1) is 17.2 Å². The average molecular weight is 467 g/mol. The van der Waals surface area contributed by atoms with Gasteiger partial charge in [-0.1, -0.05) is 18.2 Å². The van der Waals surface area contributed by atoms with Gasteiger partial charge in [-0.05, 0) is 50.1 Å². The van der Waals surface area contributed by atoms with Crippen molar-refractivity contribution in [3.05, 3.63) is 59.7 Å². The van der Waals surface area contributed by atoms with Crippen LogP contribution >= 0.6 is 0 Å². The van der Waals surface area contributed by atoms with Gasteiger partial charge in [-0.2, -0.15) is 13.7 Å². The quantitative estimate of drug-likeness (QED) is 0.685. The van der Waals surface area contributed by atoms with Crippen molar-refractivity contribution in [2.75, 3.05) is 18.4 Å². The average Bonchev–Trinajstić information content (AvgIpc) is 3.10. The van der Waals surface area contributed by atoms with Crippen molar-refractivity contribution in [2.24, 2.45) is 10.3 Å². The fourth-order valence-electron chi connectivity index (χ4n) is 3.91. The summed E-state index contributed by atoms with van der Waals surface area (Å²) >= 11 is 0. The fourth-order valence-corrected chi connectivity index (χ4v) is 5.14. The number of ether oxygens (including phenoxy) is 1. The van der Waals surface area contributed by atoms with Gasteiger partial charge in [0.15, 0.2) is 11.9 Å². The molecule has 33 heavy (non-hydrogen) atoms. The second-order valence-corrected chi connectivity index (χ2v) is 9.50. The molecule has 1 saturated heterocycles. The molecular weight excluding hydrogens is 444 g/mol. The van der Waals surface area contributed by atoms with Gasteiger partial charge in [-0.15, -0.1) is 4.40 Å². The second kappa shape index (κ2) is 9.03. The number of anilines is 1. The monoisotopic (exact) mass is 466 g/mol. The number of esters is 1. The zero-order valence-electron chi connectivity index (χ0n) is 17.9. The number of likely N-dealkylation sites (tertiary alicyclic amines) is 1. The van der Waals surface area contributed by atoms with Gasteiger partial charge in [0.2, 0.25) is 0 Å². The summed E-state index contributed by atoms with van der Waals surface area (Å²) < 4.78 is 34.1. The van der Waals surface area contributed by atoms with Crippen LogP contribution in [0.5, 0.6) is 0 Å². The smallest absolute Gasteiger partial charge is 0.311 e. The molecule has 10 heteroatoms. The van der Waals surface area contributed by atoms with Crippen LogP contribution in [0.3, 0.4) is 0 Å². The molecule has 2 atom stereocenters. The van der Waals surface area contributed by atoms with E-state index in [0.29, 0.717) is 42.0 Å². The number of benzene rings is 2. The van der Waals surface area contributed by atoms with Gasteiger partial charge in [-0.3, -0.25) is 9.59 Å². The molecule has 0 bridgehead atoms. The normalized spacial score (nSPS) is 19.6. The van der Waals surface area contributed by atoms with E-state index in [0.717, 1.165) is 0 Å². The highest BCUT2D eigenvalue weighted by Gasteiger charge is 2.36. The first-order chi connectivity index (χ1) is 15.8. The summed E-state index contributed by atoms with van der Waals surface area (Å²) in [6.45, 7) is 2.30. The van der Waals surface area contributed by atoms with Gasteiger partial charge < -0.3 is 15.0 Å². The second-order valence-electron chi connectivity index (χ2n) is 7.93. The van der Waals surface area contributed by atoms with E-state index >= 15 is 0 Å². The van der Waals surface area contributed by atoms with E-state index in [9.17, 15) is 18.0 Å². The number of carbonyl (C=O) groups is 2. The predicted octanol–water partition coefficient (Wildman–Crippen LogP) is 2.29. The van der Waals surface area contributed by atoms with Gasteiger partial charge in [0, 0.05) is 24.3 Å². The largest absolute Gasteiger partial charge is 0.452 e. The Morgan fingerprint density at radius 1 is 1.24 bits per heavy atom. The van der Waals surface area contributed by atoms with Crippen LogP contribution in [-0.2, 0) is 24.3 Å². The van der Waals surface area contributed by atoms with Crippen LogP contribution < -0.4 is 5.32 Å². The third-order valence-electron chi connectivity index (χ3n) is 5.59. The zero-order chi connectivity index (χ0) is 23.6. The van der Waals surface area contributed by atoms with Crippen molar-refractivity contribution in [1.29, 1.82) is 5.26 Å². The lowest BCUT2D eigenvalue weighted by Gasteiger charge is -2.33. The summed E-state index contributed by atoms with van der Waals surface area (Å²) in [5, 5.41) is 11.6. The number of hydrogen-bond acceptors (Lipinski definition) is 7. The lowest BCUT2D eigenvalue weighted by atomic mass is 9.97. The molecule has 4 rings (SSSR count). The zero-order valence-corrected chi connectivity index (χ0v) is 18.7. The number of nitrogens with zero attached hydrogens (tertiary/aromatic N) is 3. The lowest BCUT2D eigenvalue weighted by molar-refractivity contribution is -0.158. The third-order valence-corrected chi connectivity index (χ3v) is 6.91. The Kier molecular flexibility index (Phi) is 6.16. The van der Waals surface area contributed by atoms with Gasteiger partial charge in [0.05, 0.1) is 17.6 Å². The minimum atomic E-state index is -3.75. The Hall–Kier alpha value is -3.71. The van der Waals surface area contributed by atoms with Crippen LogP contribution in [0.25, 0.3) is 0 Å². The summed E-state index contributed by atoms with van der Waals surface area (Å²) in [5.74, 6) is -1.21. The molecule has 0 saturated carbocycles. The number of rotatable bonds is 4. The number of sulfonamides is 1. The fraction of sp³-hybridized carbons (Fsp3) is 0.304. The summed E-state index contributed by atoms with van der Waals surface area (Å²) in [5.41, 5.74) is 1.36. The van der Waals surface area contributed by atoms with E-state index < -0.39 is 33.9 Å². The van der Waals surface area contributed by atoms with Crippen LogP contribution in [0.15, 0.2) is 57.8 Å². The number of fused-ring (bicyclic) bond motifs is 1. The standard InChI is InChI=1S/C23H22N4O5S/c1-15(22(28)25-18-8-4-6-16(12-18)13-24)32-23(29)17-7-5-11-27(14-17)21-19-9-2-3-10-20(19)33(30,31)26-21/h2-4,6,8-10,12,15,17H,5,7,11,14H2,1H3,(H,25,28)/t15-,17-/m1/s1. The van der Waals surface area contributed by atoms with Crippen molar-refractivity contribution in [2.45, 2.75) is 30.8 Å². The van der Waals surface area contributed by atoms with E-state index in [2.05, 4.69) is 9.71 Å². The Morgan fingerprint density at radius 2 is 2.03 bits per heavy atom. The van der Waals surface area contributed by atoms with Gasteiger partial charge in [0.25, 0.3) is 15.9 Å². The van der Waals surface area contributed by atoms with E-state index in [-0.39, 0.29) is 11.4 Å². The summed E-state index contributed by atoms with van der Waals surface area (Å²) in [4.78, 5) is 27.2. The van der Waals surface area contributed by atoms with Crippen LogP contribution in [0.1, 0.15) is 30.9 Å². The number of nitriles is 1. The molecule has 0 aliphatic carbocycles. The SMILES string of the molecule is C[C@@H](OC(=O)[C@@H]1CCCN(C2=NS(=O)(=O)c3ccccc32)C1)C(=O)Nc1cccc(C#N)c1. The first kappa shape index (κ1) is 22.5. The molecule has 2 aliphatic heterocycles. The van der Waals surface area contributed by atoms with Crippen LogP contribution in [0.4, 0.5) is 5.69 Å². The van der Waals surface area contributed by atoms with Crippen molar-refractivity contribution in [1.82, 2.24) is 4.90 Å². The highest BCUT2D eigenvalue weighted by Crippen LogP contribution is 2.30. The number of nitrogens with one attached hydrogen (secondary N) is 1. The molecule has 2 aromatic rings. The highest BCUT2D eigenvalue weighted by atomic mass is 32.2. The molecule has 1 N–H and O–H groups in total. The molecule has 9 nitrogen and oxygen atoms in total. The van der Waals surface area contributed by atoms with Gasteiger partial charge in [0.1, 0.15) is 4.90 Å². The van der Waals surface area contributed by atoms with Gasteiger partial charge >= 0.3 is 5.97 Å². The van der Waals surface area contributed by atoms with Crippen molar-refractivity contribution >= 4 is 33.4 Å². The molecule has 2 heterocycles. The van der Waals surface area contributed by atoms with Gasteiger partial charge in [-0.25, -0.2) is 0 Å². The Bertz CT molecular complexity index is 1280. The number of piperidine rings is 1. The highest BCUT2D eigenvalue weighted by molar-refractivity contribution is 7.90. The Balaban J connectivity index is 1.40. The summed E-state index contributed by atoms with van der Waals surface area (Å²) in [6, 6.07) is 15.0. The maximum Gasteiger partial charge on any atom is 0.311 e. The first-order valence-corrected chi connectivity index (χ1v) is 11.9. The van der Waals surface area contributed by atoms with Crippen LogP contribution in [-0.4, -0.2) is 50.2 Å². The summed E-state index contributed by atoms with van der Waals surface area (Å²) in [7, 11) is -3.75. The molecule has 1 amide bonds. The van der Waals surface area contributed by atoms with Crippen molar-refractivity contribution in [3.63, 3.8) is 0 Å². The molecule has 2 aromatic carbocycles. The lowest BCUT2D eigenvalue weighted by Crippen LogP contribution is -2.44. The minimum Gasteiger partial charge on any atom is -0.452 e. The Morgan fingerprint density at radius 3 is 2.82 bits per heavy atom. The molecule has 0 spiro atoms. The van der Waals surface area contributed by atoms with Crippen molar-refractivity contribution in [3.8, 4) is 6.07 Å². The van der Waals surface area contributed by atoms with E-state index in [1.54, 1.807) is 41.3 Å². The predicted molar refractivity (Wildman–Crippen MR) is 120 cm³/mol. The molecule has 1 fully saturated rings. The Labute approximate surface area is 191 Å². The topological polar surface area (TPSA) is 129 Å². The molecule has 170 valence electrons. The summed E-state index contributed by atoms with van der Waals surface area (Å²) in [6.07, 6.45) is 0.182. The maximum absolute atomic E-state index is 12.8. The number of carbonyl (C=O) groups excluding carboxylic acids is 2. The van der Waals surface area contributed by atoms with Crippen LogP contribution in [0.2, 0.25) is 0 Å². The minimum absolute atomic E-state index is 0.162. The first-order valence-electron chi connectivity index (χ1n) is 10.5. The molecule has 0 radical (unpaired) electrons. The van der Waals surface area contributed by atoms with E-state index in [1.165, 1.54) is 19.1 Å². The third kappa shape index (κ3) is 4.73. The van der Waals surface area contributed by atoms with E-state index in [4.69, 9.17) is 10.00 Å². The maximum atomic E-state index is 12.8. The number of amidine groups is 1. The molecule has 2 aliphatic rings. The molecule has 0 aromatic heterocycles. The molecular formula is C23H22N4O5S.